The predicted octanol–water partition coefficient (Wildman–Crippen LogP) is 2.31. The van der Waals surface area contributed by atoms with E-state index in [0.29, 0.717) is 23.8 Å². The lowest BCUT2D eigenvalue weighted by Gasteiger charge is -2.14. The first kappa shape index (κ1) is 20.8. The first-order valence-corrected chi connectivity index (χ1v) is 9.71. The van der Waals surface area contributed by atoms with Crippen LogP contribution in [-0.2, 0) is 23.1 Å². The van der Waals surface area contributed by atoms with Crippen molar-refractivity contribution < 1.29 is 19.1 Å². The third-order valence-corrected chi connectivity index (χ3v) is 4.83. The molecule has 0 aliphatic heterocycles. The van der Waals surface area contributed by atoms with Gasteiger partial charge in [0.15, 0.2) is 5.82 Å². The molecule has 29 heavy (non-hydrogen) atoms. The van der Waals surface area contributed by atoms with Crippen molar-refractivity contribution in [3.05, 3.63) is 29.2 Å². The fraction of sp³-hybridized carbons (Fsp3) is 0.579. The molecule has 2 amide bonds. The average molecular weight is 404 g/mol. The molecule has 10 heteroatoms. The van der Waals surface area contributed by atoms with Crippen molar-refractivity contribution in [2.75, 3.05) is 12.4 Å². The van der Waals surface area contributed by atoms with Gasteiger partial charge in [0.25, 0.3) is 5.91 Å². The molecule has 1 saturated carbocycles. The van der Waals surface area contributed by atoms with Gasteiger partial charge < -0.3 is 20.1 Å². The van der Waals surface area contributed by atoms with Gasteiger partial charge in [-0.1, -0.05) is 0 Å². The largest absolute Gasteiger partial charge is 0.447 e. The number of aryl methyl sites for hydroxylation is 1. The fourth-order valence-corrected chi connectivity index (χ4v) is 3.56. The second-order valence-electron chi connectivity index (χ2n) is 7.55. The minimum atomic E-state index is -0.382. The maximum Gasteiger partial charge on any atom is 0.407 e. The second-order valence-corrected chi connectivity index (χ2v) is 7.55. The summed E-state index contributed by atoms with van der Waals surface area (Å²) in [6.45, 7) is 3.98. The van der Waals surface area contributed by atoms with E-state index in [0.717, 1.165) is 25.0 Å². The first-order chi connectivity index (χ1) is 13.9. The quantitative estimate of drug-likeness (QED) is 0.651. The van der Waals surface area contributed by atoms with E-state index >= 15 is 0 Å². The number of carbonyl (C=O) groups is 2. The Hall–Kier alpha value is -2.88. The number of nitrogens with one attached hydrogen (secondary N) is 3. The van der Waals surface area contributed by atoms with Crippen molar-refractivity contribution >= 4 is 17.8 Å². The van der Waals surface area contributed by atoms with Crippen LogP contribution >= 0.6 is 0 Å². The van der Waals surface area contributed by atoms with E-state index in [2.05, 4.69) is 25.9 Å². The summed E-state index contributed by atoms with van der Waals surface area (Å²) in [5.41, 5.74) is 2.05. The highest BCUT2D eigenvalue weighted by Crippen LogP contribution is 2.34. The molecule has 1 aliphatic rings. The first-order valence-electron chi connectivity index (χ1n) is 9.71. The van der Waals surface area contributed by atoms with Crippen LogP contribution in [0.4, 0.5) is 10.6 Å². The van der Waals surface area contributed by atoms with E-state index in [1.165, 1.54) is 4.68 Å². The number of hydrogen-bond donors (Lipinski definition) is 3. The van der Waals surface area contributed by atoms with Gasteiger partial charge in [0.05, 0.1) is 18.4 Å². The normalized spacial score (nSPS) is 18.8. The molecular weight excluding hydrogens is 376 g/mol. The van der Waals surface area contributed by atoms with E-state index < -0.39 is 0 Å². The van der Waals surface area contributed by atoms with Gasteiger partial charge in [0.1, 0.15) is 5.69 Å². The smallest absolute Gasteiger partial charge is 0.407 e. The summed E-state index contributed by atoms with van der Waals surface area (Å²) < 4.78 is 11.7. The number of H-pyrrole nitrogens is 1. The van der Waals surface area contributed by atoms with Gasteiger partial charge in [-0.2, -0.15) is 10.2 Å². The van der Waals surface area contributed by atoms with Crippen LogP contribution in [0.3, 0.4) is 0 Å². The summed E-state index contributed by atoms with van der Waals surface area (Å²) in [7, 11) is 3.29. The number of carbonyl (C=O) groups excluding carboxylic acids is 2. The highest BCUT2D eigenvalue weighted by molar-refractivity contribution is 6.02. The molecule has 3 rings (SSSR count). The van der Waals surface area contributed by atoms with Gasteiger partial charge in [0.2, 0.25) is 0 Å². The third kappa shape index (κ3) is 5.35. The van der Waals surface area contributed by atoms with Gasteiger partial charge in [-0.3, -0.25) is 14.6 Å². The summed E-state index contributed by atoms with van der Waals surface area (Å²) in [6.07, 6.45) is 2.06. The zero-order valence-electron chi connectivity index (χ0n) is 17.2. The standard InChI is InChI=1S/C19H28N6O4/c1-11(2)29-19(27)20-13-6-5-12(7-13)15-9-17(23-22-15)21-18(26)16-8-14(10-28-4)24-25(16)3/h8-9,11-13H,5-7,10H2,1-4H3,(H,20,27)(H2,21,22,23,26). The van der Waals surface area contributed by atoms with Crippen LogP contribution in [0.1, 0.15) is 60.9 Å². The molecule has 0 bridgehead atoms. The molecule has 2 atom stereocenters. The van der Waals surface area contributed by atoms with Crippen molar-refractivity contribution in [1.82, 2.24) is 25.3 Å². The van der Waals surface area contributed by atoms with Crippen molar-refractivity contribution in [3.8, 4) is 0 Å². The van der Waals surface area contributed by atoms with E-state index in [9.17, 15) is 9.59 Å². The van der Waals surface area contributed by atoms with E-state index in [1.54, 1.807) is 20.2 Å². The maximum atomic E-state index is 12.5. The van der Waals surface area contributed by atoms with Crippen LogP contribution in [0, 0.1) is 0 Å². The highest BCUT2D eigenvalue weighted by atomic mass is 16.6. The number of nitrogens with zero attached hydrogens (tertiary/aromatic N) is 3. The van der Waals surface area contributed by atoms with E-state index in [1.807, 2.05) is 19.9 Å². The topological polar surface area (TPSA) is 123 Å². The summed E-state index contributed by atoms with van der Waals surface area (Å²) in [6, 6.07) is 3.60. The number of hydrogen-bond acceptors (Lipinski definition) is 6. The van der Waals surface area contributed by atoms with Crippen LogP contribution in [0.2, 0.25) is 0 Å². The Bertz CT molecular complexity index is 859. The zero-order chi connectivity index (χ0) is 21.0. The van der Waals surface area contributed by atoms with Crippen LogP contribution in [0.15, 0.2) is 12.1 Å². The van der Waals surface area contributed by atoms with Crippen LogP contribution in [0.25, 0.3) is 0 Å². The summed E-state index contributed by atoms with van der Waals surface area (Å²) in [5, 5.41) is 17.1. The molecule has 2 aromatic heterocycles. The molecule has 3 N–H and O–H groups in total. The van der Waals surface area contributed by atoms with Crippen LogP contribution in [0.5, 0.6) is 0 Å². The number of methoxy groups -OCH3 is 1. The van der Waals surface area contributed by atoms with E-state index in [-0.39, 0.29) is 30.1 Å². The Morgan fingerprint density at radius 2 is 2.14 bits per heavy atom. The molecular formula is C19H28N6O4. The van der Waals surface area contributed by atoms with Gasteiger partial charge in [-0.05, 0) is 39.2 Å². The number of amides is 2. The Labute approximate surface area is 169 Å². The summed E-state index contributed by atoms with van der Waals surface area (Å²) >= 11 is 0. The molecule has 158 valence electrons. The number of rotatable bonds is 7. The van der Waals surface area contributed by atoms with Crippen molar-refractivity contribution in [2.45, 2.75) is 57.8 Å². The Morgan fingerprint density at radius 1 is 1.34 bits per heavy atom. The van der Waals surface area contributed by atoms with Gasteiger partial charge in [0, 0.05) is 37.9 Å². The molecule has 2 heterocycles. The van der Waals surface area contributed by atoms with Crippen molar-refractivity contribution in [1.29, 1.82) is 0 Å². The van der Waals surface area contributed by atoms with Gasteiger partial charge in [-0.15, -0.1) is 0 Å². The monoisotopic (exact) mass is 404 g/mol. The van der Waals surface area contributed by atoms with E-state index in [4.69, 9.17) is 9.47 Å². The number of anilines is 1. The molecule has 2 unspecified atom stereocenters. The Kier molecular flexibility index (Phi) is 6.53. The number of ether oxygens (including phenoxy) is 2. The number of aromatic nitrogens is 4. The molecule has 1 fully saturated rings. The molecule has 1 aliphatic carbocycles. The van der Waals surface area contributed by atoms with Crippen molar-refractivity contribution in [2.24, 2.45) is 7.05 Å². The van der Waals surface area contributed by atoms with Crippen molar-refractivity contribution in [3.63, 3.8) is 0 Å². The SMILES string of the molecule is COCc1cc(C(=O)Nc2cc(C3CCC(NC(=O)OC(C)C)C3)[nH]n2)n(C)n1. The lowest BCUT2D eigenvalue weighted by molar-refractivity contribution is 0.101. The minimum absolute atomic E-state index is 0.0706. The highest BCUT2D eigenvalue weighted by Gasteiger charge is 2.29. The zero-order valence-corrected chi connectivity index (χ0v) is 17.2. The molecule has 2 aromatic rings. The second kappa shape index (κ2) is 9.08. The lowest BCUT2D eigenvalue weighted by Crippen LogP contribution is -2.34. The Balaban J connectivity index is 1.56. The summed E-state index contributed by atoms with van der Waals surface area (Å²) in [5.74, 6) is 0.403. The number of alkyl carbamates (subject to hydrolysis) is 1. The minimum Gasteiger partial charge on any atom is -0.447 e. The molecule has 10 nitrogen and oxygen atoms in total. The lowest BCUT2D eigenvalue weighted by atomic mass is 10.0. The summed E-state index contributed by atoms with van der Waals surface area (Å²) in [4.78, 5) is 24.3. The molecule has 0 spiro atoms. The maximum absolute atomic E-state index is 12.5. The third-order valence-electron chi connectivity index (χ3n) is 4.83. The number of aromatic amines is 1. The van der Waals surface area contributed by atoms with Gasteiger partial charge >= 0.3 is 6.09 Å². The van der Waals surface area contributed by atoms with Gasteiger partial charge in [-0.25, -0.2) is 4.79 Å². The Morgan fingerprint density at radius 3 is 2.86 bits per heavy atom. The van der Waals surface area contributed by atoms with Crippen LogP contribution in [-0.4, -0.2) is 51.2 Å². The average Bonchev–Trinajstić information content (AvgIpc) is 3.35. The fourth-order valence-electron chi connectivity index (χ4n) is 3.56. The molecule has 0 saturated heterocycles. The predicted molar refractivity (Wildman–Crippen MR) is 106 cm³/mol. The van der Waals surface area contributed by atoms with Crippen LogP contribution < -0.4 is 10.6 Å². The molecule has 0 aromatic carbocycles. The molecule has 0 radical (unpaired) electrons.